The van der Waals surface area contributed by atoms with Crippen LogP contribution in [0.2, 0.25) is 43.3 Å². The fourth-order valence-corrected chi connectivity index (χ4v) is 103. The first-order valence-corrected chi connectivity index (χ1v) is 14.3. The predicted octanol–water partition coefficient (Wildman–Crippen LogP) is 2.77. The van der Waals surface area contributed by atoms with Crippen molar-refractivity contribution < 1.29 is 19.1 Å². The molecule has 10 rings (SSSR count). The van der Waals surface area contributed by atoms with E-state index in [4.69, 9.17) is 4.18 Å². The molecule has 10 aliphatic heterocycles. The molecule has 4 atom stereocenters. The summed E-state index contributed by atoms with van der Waals surface area (Å²) >= 11 is 0. The Morgan fingerprint density at radius 2 is 1.47 bits per heavy atom. The van der Waals surface area contributed by atoms with E-state index in [9.17, 15) is 8.42 Å². The second kappa shape index (κ2) is 0.488. The van der Waals surface area contributed by atoms with Gasteiger partial charge in [-0.1, -0.05) is 0 Å². The third kappa shape index (κ3) is 0.0615. The number of hydrogen-bond donors (Lipinski definition) is 0. The molecule has 10 fully saturated rings. The Morgan fingerprint density at radius 3 is 1.71 bits per heavy atom. The van der Waals surface area contributed by atoms with Crippen LogP contribution < -0.4 is 0 Å². The molecule has 3 nitrogen and oxygen atoms in total. The summed E-state index contributed by atoms with van der Waals surface area (Å²) in [6, 6.07) is 0. The first-order chi connectivity index (χ1) is 7.86. The molecule has 0 aliphatic carbocycles. The van der Waals surface area contributed by atoms with E-state index in [1.807, 2.05) is 0 Å². The molecule has 0 radical (unpaired) electrons. The van der Waals surface area contributed by atoms with Crippen molar-refractivity contribution in [2.75, 3.05) is 0 Å². The van der Waals surface area contributed by atoms with Crippen LogP contribution in [0.1, 0.15) is 0 Å². The molecule has 0 bridgehead atoms. The van der Waals surface area contributed by atoms with Crippen LogP contribution in [0.25, 0.3) is 0 Å². The van der Waals surface area contributed by atoms with Crippen molar-refractivity contribution in [3.8, 4) is 0 Å². The third-order valence-corrected chi connectivity index (χ3v) is 62.9. The molecule has 92 valence electrons. The summed E-state index contributed by atoms with van der Waals surface area (Å²) in [5.74, 6) is 0. The van der Waals surface area contributed by atoms with Gasteiger partial charge in [-0.3, -0.25) is 0 Å². The fraction of sp³-hybridized carbons (Fsp3) is 0.833. The van der Waals surface area contributed by atoms with Gasteiger partial charge >= 0.3 is 89.1 Å². The van der Waals surface area contributed by atoms with E-state index in [-0.39, 0.29) is 3.65 Å². The molecule has 0 aromatic carbocycles. The normalized spacial score (nSPS) is 120. The van der Waals surface area contributed by atoms with Crippen LogP contribution in [0.3, 0.4) is 0 Å². The Kier molecular flexibility index (Phi) is 0.185. The molecule has 5 heteroatoms. The Bertz CT molecular complexity index is 1040. The monoisotopic (exact) mass is 292 g/mol. The van der Waals surface area contributed by atoms with E-state index in [1.54, 1.807) is 0 Å². The zero-order valence-corrected chi connectivity index (χ0v) is 10.9. The molecule has 10 heterocycles. The minimum atomic E-state index is -3.51. The number of fused-ring (bicyclic) bond motifs is 10. The van der Waals surface area contributed by atoms with Crippen LogP contribution in [-0.4, -0.2) is 12.1 Å². The van der Waals surface area contributed by atoms with E-state index >= 15 is 0 Å². The molecule has 1 spiro atoms. The van der Waals surface area contributed by atoms with Gasteiger partial charge in [-0.15, -0.1) is 0 Å². The van der Waals surface area contributed by atoms with Crippen molar-refractivity contribution in [2.45, 2.75) is 47.0 Å². The molecule has 0 saturated carbocycles. The SMILES string of the molecule is C=COS(=O)(=O)[C]12[CH]3[CH]4[CH]5[CH]1[Fe]45321678[CH]2[CH]1[CH]6[CH]7[CH]28. The Balaban J connectivity index is 1.66. The van der Waals surface area contributed by atoms with E-state index in [0.29, 0.717) is 0 Å². The Hall–Kier alpha value is 0.00948. The first kappa shape index (κ1) is 6.44. The summed E-state index contributed by atoms with van der Waals surface area (Å²) in [6.07, 6.45) is 1.17. The molecule has 0 aromatic rings. The van der Waals surface area contributed by atoms with Gasteiger partial charge in [0.25, 0.3) is 0 Å². The maximum absolute atomic E-state index is 12.7. The van der Waals surface area contributed by atoms with Gasteiger partial charge in [0.15, 0.2) is 0 Å². The predicted molar refractivity (Wildman–Crippen MR) is 56.7 cm³/mol. The average Bonchev–Trinajstić information content (AvgIpc) is 3.23. The van der Waals surface area contributed by atoms with Gasteiger partial charge in [0.05, 0.1) is 0 Å². The first-order valence-electron chi connectivity index (χ1n) is 6.61. The molecule has 0 aromatic heterocycles. The van der Waals surface area contributed by atoms with Gasteiger partial charge in [0.1, 0.15) is 0 Å². The minimum absolute atomic E-state index is 0.180. The van der Waals surface area contributed by atoms with Crippen molar-refractivity contribution in [1.29, 1.82) is 0 Å². The van der Waals surface area contributed by atoms with Gasteiger partial charge in [0, 0.05) is 0 Å². The summed E-state index contributed by atoms with van der Waals surface area (Å²) in [5.41, 5.74) is 0. The van der Waals surface area contributed by atoms with Crippen LogP contribution in [0.5, 0.6) is 0 Å². The third-order valence-electron chi connectivity index (χ3n) is 15.1. The van der Waals surface area contributed by atoms with Crippen LogP contribution in [-0.2, 0) is 20.8 Å². The zero-order chi connectivity index (χ0) is 10.9. The summed E-state index contributed by atoms with van der Waals surface area (Å²) in [7, 11) is -3.31. The quantitative estimate of drug-likeness (QED) is 0.456. The molecular weight excluding hydrogens is 280 g/mol. The Morgan fingerprint density at radius 1 is 1.00 bits per heavy atom. The molecular formula is C12H12FeO3S. The average molecular weight is 292 g/mol. The standard InChI is InChI=1S/C7H7O3S.C5H5.Fe/c1-2-10-11(8,9)7-5-3-4-6-7;1-2-4-5-3-1;/h2-6H,1H2;1-5H;. The van der Waals surface area contributed by atoms with Crippen molar-refractivity contribution in [1.82, 2.24) is 0 Å². The molecule has 10 aliphatic rings. The second-order valence-electron chi connectivity index (χ2n) is 10.3. The van der Waals surface area contributed by atoms with E-state index < -0.39 is 16.6 Å². The van der Waals surface area contributed by atoms with Crippen molar-refractivity contribution >= 4 is 10.1 Å². The number of rotatable bonds is 3. The van der Waals surface area contributed by atoms with Crippen LogP contribution >= 0.6 is 0 Å². The second-order valence-corrected chi connectivity index (χ2v) is 36.0. The van der Waals surface area contributed by atoms with Gasteiger partial charge in [-0.2, -0.15) is 0 Å². The van der Waals surface area contributed by atoms with Gasteiger partial charge in [-0.05, 0) is 0 Å². The molecule has 17 heavy (non-hydrogen) atoms. The zero-order valence-electron chi connectivity index (χ0n) is 8.97. The molecule has 4 unspecified atom stereocenters. The number of hydrogen-bond acceptors (Lipinski definition) is 3. The van der Waals surface area contributed by atoms with Gasteiger partial charge < -0.3 is 0 Å². The van der Waals surface area contributed by atoms with Crippen LogP contribution in [0, 0.1) is 0 Å². The van der Waals surface area contributed by atoms with Crippen molar-refractivity contribution in [3.05, 3.63) is 12.8 Å². The summed E-state index contributed by atoms with van der Waals surface area (Å²) in [4.78, 5) is 8.73. The van der Waals surface area contributed by atoms with Crippen LogP contribution in [0.4, 0.5) is 0 Å². The van der Waals surface area contributed by atoms with Gasteiger partial charge in [-0.25, -0.2) is 0 Å². The Labute approximate surface area is 89.0 Å². The fourth-order valence-electron chi connectivity index (χ4n) is 16.8. The van der Waals surface area contributed by atoms with E-state index in [0.717, 1.165) is 43.3 Å². The van der Waals surface area contributed by atoms with Gasteiger partial charge in [0.2, 0.25) is 0 Å². The summed E-state index contributed by atoms with van der Waals surface area (Å²) < 4.78 is 30.4. The van der Waals surface area contributed by atoms with Crippen LogP contribution in [0.15, 0.2) is 12.8 Å². The van der Waals surface area contributed by atoms with E-state index in [1.165, 1.54) is 6.26 Å². The topological polar surface area (TPSA) is 43.4 Å². The molecule has 0 N–H and O–H groups in total. The van der Waals surface area contributed by atoms with E-state index in [2.05, 4.69) is 6.58 Å². The molecule has 10 saturated heterocycles. The maximum atomic E-state index is 12.7. The summed E-state index contributed by atoms with van der Waals surface area (Å²) in [5, 5.41) is 0. The summed E-state index contributed by atoms with van der Waals surface area (Å²) in [6.45, 7) is -0.0312. The van der Waals surface area contributed by atoms with Crippen molar-refractivity contribution in [2.24, 2.45) is 0 Å². The molecule has 0 amide bonds. The van der Waals surface area contributed by atoms with Crippen molar-refractivity contribution in [3.63, 3.8) is 0 Å².